The number of carbonyl (C=O) groups excluding carboxylic acids is 1. The average molecular weight is 317 g/mol. The molecule has 0 radical (unpaired) electrons. The molecule has 3 rings (SSSR count). The molecule has 1 aromatic heterocycles. The Labute approximate surface area is 138 Å². The summed E-state index contributed by atoms with van der Waals surface area (Å²) in [6, 6.07) is 0. The van der Waals surface area contributed by atoms with E-state index in [-0.39, 0.29) is 5.91 Å². The first-order valence-electron chi connectivity index (χ1n) is 8.90. The lowest BCUT2D eigenvalue weighted by atomic mass is 10.1. The average Bonchev–Trinajstić information content (AvgIpc) is 2.86. The molecule has 0 saturated carbocycles. The third kappa shape index (κ3) is 4.89. The summed E-state index contributed by atoms with van der Waals surface area (Å²) in [5.74, 6) is 0.389. The standard InChI is InChI=1S/C17H27N5O/c23-16(14-21-8-4-3-5-9-21)20-17-18-12-15(13-19-17)22-10-6-1-2-7-11-22/h12-13H,1-11,14H2,(H,18,19,20,23). The van der Waals surface area contributed by atoms with E-state index in [9.17, 15) is 4.79 Å². The molecule has 6 nitrogen and oxygen atoms in total. The van der Waals surface area contributed by atoms with Crippen LogP contribution in [0.1, 0.15) is 44.9 Å². The van der Waals surface area contributed by atoms with Crippen molar-refractivity contribution in [2.24, 2.45) is 0 Å². The van der Waals surface area contributed by atoms with Crippen molar-refractivity contribution in [1.29, 1.82) is 0 Å². The first-order chi connectivity index (χ1) is 11.3. The van der Waals surface area contributed by atoms with Gasteiger partial charge in [-0.05, 0) is 38.8 Å². The van der Waals surface area contributed by atoms with Crippen LogP contribution in [-0.4, -0.2) is 53.5 Å². The summed E-state index contributed by atoms with van der Waals surface area (Å²) in [6.45, 7) is 4.62. The number of likely N-dealkylation sites (tertiary alicyclic amines) is 1. The highest BCUT2D eigenvalue weighted by molar-refractivity contribution is 5.90. The summed E-state index contributed by atoms with van der Waals surface area (Å²) in [4.78, 5) is 25.2. The van der Waals surface area contributed by atoms with E-state index in [0.717, 1.165) is 31.9 Å². The van der Waals surface area contributed by atoms with Gasteiger partial charge in [0.2, 0.25) is 11.9 Å². The Kier molecular flexibility index (Phi) is 5.80. The van der Waals surface area contributed by atoms with Gasteiger partial charge in [-0.15, -0.1) is 0 Å². The van der Waals surface area contributed by atoms with Crippen LogP contribution < -0.4 is 10.2 Å². The van der Waals surface area contributed by atoms with Gasteiger partial charge in [0.1, 0.15) is 0 Å². The van der Waals surface area contributed by atoms with Crippen molar-refractivity contribution in [3.63, 3.8) is 0 Å². The Hall–Kier alpha value is -1.69. The molecule has 2 saturated heterocycles. The van der Waals surface area contributed by atoms with Crippen molar-refractivity contribution >= 4 is 17.5 Å². The predicted octanol–water partition coefficient (Wildman–Crippen LogP) is 2.28. The van der Waals surface area contributed by atoms with Crippen molar-refractivity contribution in [2.45, 2.75) is 44.9 Å². The number of nitrogens with zero attached hydrogens (tertiary/aromatic N) is 4. The first-order valence-corrected chi connectivity index (χ1v) is 8.90. The number of hydrogen-bond donors (Lipinski definition) is 1. The number of rotatable bonds is 4. The summed E-state index contributed by atoms with van der Waals surface area (Å²) in [7, 11) is 0. The number of anilines is 2. The lowest BCUT2D eigenvalue weighted by molar-refractivity contribution is -0.117. The van der Waals surface area contributed by atoms with Crippen LogP contribution in [-0.2, 0) is 4.79 Å². The highest BCUT2D eigenvalue weighted by Gasteiger charge is 2.15. The molecule has 2 aliphatic heterocycles. The number of carbonyl (C=O) groups is 1. The zero-order chi connectivity index (χ0) is 15.9. The summed E-state index contributed by atoms with van der Waals surface area (Å²) in [5, 5.41) is 2.81. The molecular formula is C17H27N5O. The third-order valence-corrected chi connectivity index (χ3v) is 4.68. The maximum absolute atomic E-state index is 12.1. The largest absolute Gasteiger partial charge is 0.369 e. The Morgan fingerprint density at radius 3 is 2.13 bits per heavy atom. The van der Waals surface area contributed by atoms with Gasteiger partial charge >= 0.3 is 0 Å². The second-order valence-corrected chi connectivity index (χ2v) is 6.55. The lowest BCUT2D eigenvalue weighted by Gasteiger charge is -2.25. The van der Waals surface area contributed by atoms with Crippen LogP contribution in [0, 0.1) is 0 Å². The van der Waals surface area contributed by atoms with E-state index in [0.29, 0.717) is 12.5 Å². The Bertz CT molecular complexity index is 490. The number of hydrogen-bond acceptors (Lipinski definition) is 5. The SMILES string of the molecule is O=C(CN1CCCCC1)Nc1ncc(N2CCCCCC2)cn1. The van der Waals surface area contributed by atoms with E-state index < -0.39 is 0 Å². The molecule has 0 atom stereocenters. The van der Waals surface area contributed by atoms with Gasteiger partial charge in [-0.25, -0.2) is 9.97 Å². The summed E-state index contributed by atoms with van der Waals surface area (Å²) in [6.07, 6.45) is 12.4. The number of amides is 1. The van der Waals surface area contributed by atoms with E-state index >= 15 is 0 Å². The normalized spacial score (nSPS) is 20.1. The zero-order valence-corrected chi connectivity index (χ0v) is 13.8. The fraction of sp³-hybridized carbons (Fsp3) is 0.706. The maximum atomic E-state index is 12.1. The minimum Gasteiger partial charge on any atom is -0.369 e. The smallest absolute Gasteiger partial charge is 0.240 e. The molecule has 2 aliphatic rings. The molecule has 2 fully saturated rings. The van der Waals surface area contributed by atoms with Crippen LogP contribution in [0.25, 0.3) is 0 Å². The molecule has 1 N–H and O–H groups in total. The quantitative estimate of drug-likeness (QED) is 0.923. The molecule has 0 unspecified atom stereocenters. The van der Waals surface area contributed by atoms with Gasteiger partial charge in [-0.3, -0.25) is 15.0 Å². The summed E-state index contributed by atoms with van der Waals surface area (Å²) >= 11 is 0. The van der Waals surface area contributed by atoms with Gasteiger partial charge in [0.05, 0.1) is 24.6 Å². The molecule has 0 bridgehead atoms. The molecule has 0 aliphatic carbocycles. The van der Waals surface area contributed by atoms with Crippen LogP contribution in [0.3, 0.4) is 0 Å². The van der Waals surface area contributed by atoms with Gasteiger partial charge < -0.3 is 4.90 Å². The topological polar surface area (TPSA) is 61.4 Å². The van der Waals surface area contributed by atoms with Gasteiger partial charge in [-0.2, -0.15) is 0 Å². The van der Waals surface area contributed by atoms with Crippen molar-refractivity contribution in [2.75, 3.05) is 42.9 Å². The second-order valence-electron chi connectivity index (χ2n) is 6.55. The molecular weight excluding hydrogens is 290 g/mol. The molecule has 6 heteroatoms. The molecule has 23 heavy (non-hydrogen) atoms. The van der Waals surface area contributed by atoms with E-state index in [4.69, 9.17) is 0 Å². The fourth-order valence-electron chi connectivity index (χ4n) is 3.36. The van der Waals surface area contributed by atoms with Gasteiger partial charge in [0, 0.05) is 13.1 Å². The van der Waals surface area contributed by atoms with Crippen molar-refractivity contribution in [3.8, 4) is 0 Å². The number of nitrogens with one attached hydrogen (secondary N) is 1. The molecule has 1 aromatic rings. The maximum Gasteiger partial charge on any atom is 0.240 e. The lowest BCUT2D eigenvalue weighted by Crippen LogP contribution is -2.37. The minimum atomic E-state index is -0.0191. The first kappa shape index (κ1) is 16.2. The van der Waals surface area contributed by atoms with Gasteiger partial charge in [0.15, 0.2) is 0 Å². The summed E-state index contributed by atoms with van der Waals surface area (Å²) in [5.41, 5.74) is 1.06. The van der Waals surface area contributed by atoms with Crippen LogP contribution in [0.5, 0.6) is 0 Å². The highest BCUT2D eigenvalue weighted by Crippen LogP contribution is 2.18. The van der Waals surface area contributed by atoms with Crippen LogP contribution in [0.2, 0.25) is 0 Å². The number of piperidine rings is 1. The zero-order valence-electron chi connectivity index (χ0n) is 13.8. The summed E-state index contributed by atoms with van der Waals surface area (Å²) < 4.78 is 0. The van der Waals surface area contributed by atoms with E-state index in [1.54, 1.807) is 0 Å². The number of aromatic nitrogens is 2. The van der Waals surface area contributed by atoms with Crippen molar-refractivity contribution in [1.82, 2.24) is 14.9 Å². The molecule has 126 valence electrons. The van der Waals surface area contributed by atoms with Crippen molar-refractivity contribution in [3.05, 3.63) is 12.4 Å². The molecule has 3 heterocycles. The van der Waals surface area contributed by atoms with Gasteiger partial charge in [-0.1, -0.05) is 19.3 Å². The highest BCUT2D eigenvalue weighted by atomic mass is 16.2. The van der Waals surface area contributed by atoms with Crippen LogP contribution in [0.4, 0.5) is 11.6 Å². The predicted molar refractivity (Wildman–Crippen MR) is 91.6 cm³/mol. The van der Waals surface area contributed by atoms with Crippen molar-refractivity contribution < 1.29 is 4.79 Å². The Morgan fingerprint density at radius 2 is 1.48 bits per heavy atom. The van der Waals surface area contributed by atoms with Gasteiger partial charge in [0.25, 0.3) is 0 Å². The Balaban J connectivity index is 1.51. The minimum absolute atomic E-state index is 0.0191. The fourth-order valence-corrected chi connectivity index (χ4v) is 3.36. The molecule has 1 amide bonds. The Morgan fingerprint density at radius 1 is 0.913 bits per heavy atom. The third-order valence-electron chi connectivity index (χ3n) is 4.68. The monoisotopic (exact) mass is 317 g/mol. The second kappa shape index (κ2) is 8.24. The van der Waals surface area contributed by atoms with Crippen LogP contribution in [0.15, 0.2) is 12.4 Å². The van der Waals surface area contributed by atoms with E-state index in [1.165, 1.54) is 44.9 Å². The van der Waals surface area contributed by atoms with Crippen LogP contribution >= 0.6 is 0 Å². The van der Waals surface area contributed by atoms with E-state index in [1.807, 2.05) is 12.4 Å². The van der Waals surface area contributed by atoms with E-state index in [2.05, 4.69) is 25.1 Å². The molecule has 0 spiro atoms. The molecule has 0 aromatic carbocycles.